The Balaban J connectivity index is 1.18. The van der Waals surface area contributed by atoms with Gasteiger partial charge in [0.15, 0.2) is 0 Å². The van der Waals surface area contributed by atoms with Gasteiger partial charge in [0, 0.05) is 17.0 Å². The van der Waals surface area contributed by atoms with Crippen molar-refractivity contribution in [1.29, 1.82) is 0 Å². The van der Waals surface area contributed by atoms with Gasteiger partial charge in [0.1, 0.15) is 40.8 Å². The van der Waals surface area contributed by atoms with E-state index in [2.05, 4.69) is 54.6 Å². The first kappa shape index (κ1) is 26.1. The molecule has 1 aliphatic carbocycles. The molecule has 3 heterocycles. The normalized spacial score (nSPS) is 20.5. The molecule has 0 amide bonds. The maximum absolute atomic E-state index is 6.89. The molecular weight excluding hydrogens is 567 g/mol. The zero-order valence-corrected chi connectivity index (χ0v) is 25.0. The largest absolute Gasteiger partial charge is 0.457 e. The molecular formula is C38H31O5P. The summed E-state index contributed by atoms with van der Waals surface area (Å²) in [5, 5.41) is 0. The number of rotatable bonds is 4. The number of ether oxygens (including phenoxy) is 3. The zero-order valence-electron chi connectivity index (χ0n) is 24.1. The SMILES string of the molecule is c1ccc([C@H]2CCCC[C@H]2OCP2Oc3cccc4c3C3(c5ccccc5O4)c4ccccc4Oc4cccc(c43)O2)cc1. The first-order valence-corrected chi connectivity index (χ1v) is 16.8. The van der Waals surface area contributed by atoms with Crippen molar-refractivity contribution in [2.45, 2.75) is 43.1 Å². The van der Waals surface area contributed by atoms with Crippen LogP contribution in [-0.4, -0.2) is 12.5 Å². The van der Waals surface area contributed by atoms with Gasteiger partial charge >= 0.3 is 8.38 Å². The quantitative estimate of drug-likeness (QED) is 0.189. The molecule has 44 heavy (non-hydrogen) atoms. The highest BCUT2D eigenvalue weighted by Gasteiger charge is 2.55. The van der Waals surface area contributed by atoms with Crippen LogP contribution in [0.2, 0.25) is 0 Å². The van der Waals surface area contributed by atoms with E-state index in [4.69, 9.17) is 23.3 Å². The van der Waals surface area contributed by atoms with E-state index >= 15 is 0 Å². The van der Waals surface area contributed by atoms with Gasteiger partial charge in [0.05, 0.1) is 22.6 Å². The highest BCUT2D eigenvalue weighted by atomic mass is 31.2. The highest BCUT2D eigenvalue weighted by molar-refractivity contribution is 7.47. The van der Waals surface area contributed by atoms with Crippen LogP contribution in [0.3, 0.4) is 0 Å². The van der Waals surface area contributed by atoms with E-state index in [1.54, 1.807) is 0 Å². The van der Waals surface area contributed by atoms with Gasteiger partial charge in [-0.15, -0.1) is 0 Å². The minimum Gasteiger partial charge on any atom is -0.457 e. The molecule has 0 unspecified atom stereocenters. The summed E-state index contributed by atoms with van der Waals surface area (Å²) in [6.45, 7) is 0. The molecule has 4 aliphatic rings. The molecule has 0 aromatic heterocycles. The molecule has 218 valence electrons. The van der Waals surface area contributed by atoms with Gasteiger partial charge in [-0.2, -0.15) is 0 Å². The van der Waals surface area contributed by atoms with Crippen molar-refractivity contribution in [3.05, 3.63) is 143 Å². The summed E-state index contributed by atoms with van der Waals surface area (Å²) < 4.78 is 33.7. The number of para-hydroxylation sites is 2. The molecule has 1 spiro atoms. The second-order valence-electron chi connectivity index (χ2n) is 11.9. The van der Waals surface area contributed by atoms with Crippen LogP contribution < -0.4 is 18.5 Å². The van der Waals surface area contributed by atoms with Crippen molar-refractivity contribution in [2.24, 2.45) is 0 Å². The Bertz CT molecular complexity index is 1770. The van der Waals surface area contributed by atoms with E-state index in [0.29, 0.717) is 12.3 Å². The van der Waals surface area contributed by atoms with Crippen LogP contribution in [0.4, 0.5) is 0 Å². The Morgan fingerprint density at radius 1 is 0.568 bits per heavy atom. The van der Waals surface area contributed by atoms with Crippen molar-refractivity contribution in [1.82, 2.24) is 0 Å². The van der Waals surface area contributed by atoms with Gasteiger partial charge in [0.2, 0.25) is 0 Å². The summed E-state index contributed by atoms with van der Waals surface area (Å²) in [4.78, 5) is 0. The van der Waals surface area contributed by atoms with Gasteiger partial charge in [-0.25, -0.2) is 0 Å². The van der Waals surface area contributed by atoms with Crippen molar-refractivity contribution >= 4 is 8.38 Å². The second kappa shape index (κ2) is 10.4. The van der Waals surface area contributed by atoms with Crippen LogP contribution in [0.5, 0.6) is 34.5 Å². The van der Waals surface area contributed by atoms with Crippen LogP contribution in [0.1, 0.15) is 59.4 Å². The smallest absolute Gasteiger partial charge is 0.318 e. The third kappa shape index (κ3) is 3.93. The lowest BCUT2D eigenvalue weighted by Gasteiger charge is -2.46. The van der Waals surface area contributed by atoms with Crippen molar-refractivity contribution in [3.8, 4) is 34.5 Å². The Morgan fingerprint density at radius 2 is 1.09 bits per heavy atom. The van der Waals surface area contributed by atoms with E-state index in [1.165, 1.54) is 18.4 Å². The number of benzene rings is 5. The fourth-order valence-corrected chi connectivity index (χ4v) is 8.88. The molecule has 0 saturated heterocycles. The molecule has 2 atom stereocenters. The Labute approximate surface area is 258 Å². The fraction of sp³-hybridized carbons (Fsp3) is 0.211. The average molecular weight is 599 g/mol. The summed E-state index contributed by atoms with van der Waals surface area (Å²) in [7, 11) is -1.50. The Hall–Kier alpha value is -4.31. The molecule has 3 aliphatic heterocycles. The maximum Gasteiger partial charge on any atom is 0.318 e. The number of hydrogen-bond donors (Lipinski definition) is 0. The third-order valence-electron chi connectivity index (χ3n) is 9.47. The molecule has 0 radical (unpaired) electrons. The molecule has 9 rings (SSSR count). The predicted octanol–water partition coefficient (Wildman–Crippen LogP) is 10.1. The lowest BCUT2D eigenvalue weighted by Crippen LogP contribution is -2.38. The summed E-state index contributed by atoms with van der Waals surface area (Å²) >= 11 is 0. The molecule has 5 nitrogen and oxygen atoms in total. The molecule has 6 heteroatoms. The van der Waals surface area contributed by atoms with Gasteiger partial charge in [-0.1, -0.05) is 91.7 Å². The van der Waals surface area contributed by atoms with E-state index in [1.807, 2.05) is 60.7 Å². The molecule has 5 aromatic rings. The average Bonchev–Trinajstić information content (AvgIpc) is 3.07. The summed E-state index contributed by atoms with van der Waals surface area (Å²) in [5.41, 5.74) is 4.60. The topological polar surface area (TPSA) is 46.2 Å². The Kier molecular flexibility index (Phi) is 6.18. The van der Waals surface area contributed by atoms with Crippen LogP contribution in [0.25, 0.3) is 0 Å². The maximum atomic E-state index is 6.89. The lowest BCUT2D eigenvalue weighted by atomic mass is 9.62. The fourth-order valence-electron chi connectivity index (χ4n) is 7.69. The predicted molar refractivity (Wildman–Crippen MR) is 170 cm³/mol. The minimum atomic E-state index is -1.50. The van der Waals surface area contributed by atoms with Crippen molar-refractivity contribution in [3.63, 3.8) is 0 Å². The van der Waals surface area contributed by atoms with E-state index in [9.17, 15) is 0 Å². The molecule has 5 aromatic carbocycles. The zero-order chi connectivity index (χ0) is 29.1. The summed E-state index contributed by atoms with van der Waals surface area (Å²) in [6, 6.07) is 39.5. The minimum absolute atomic E-state index is 0.116. The first-order chi connectivity index (χ1) is 21.8. The highest BCUT2D eigenvalue weighted by Crippen LogP contribution is 2.67. The van der Waals surface area contributed by atoms with Gasteiger partial charge in [-0.3, -0.25) is 0 Å². The Morgan fingerprint density at radius 3 is 1.73 bits per heavy atom. The number of fused-ring (bicyclic) bond motifs is 2. The van der Waals surface area contributed by atoms with Crippen LogP contribution in [0.15, 0.2) is 115 Å². The van der Waals surface area contributed by atoms with Gasteiger partial charge in [-0.05, 0) is 54.8 Å². The lowest BCUT2D eigenvalue weighted by molar-refractivity contribution is 0.0362. The van der Waals surface area contributed by atoms with E-state index < -0.39 is 13.8 Å². The van der Waals surface area contributed by atoms with E-state index in [0.717, 1.165) is 69.6 Å². The van der Waals surface area contributed by atoms with Gasteiger partial charge < -0.3 is 23.3 Å². The molecule has 0 bridgehead atoms. The van der Waals surface area contributed by atoms with E-state index in [-0.39, 0.29) is 6.10 Å². The molecule has 1 saturated carbocycles. The first-order valence-electron chi connectivity index (χ1n) is 15.4. The summed E-state index contributed by atoms with van der Waals surface area (Å²) in [6.07, 6.45) is 5.02. The second-order valence-corrected chi connectivity index (χ2v) is 13.1. The monoisotopic (exact) mass is 598 g/mol. The van der Waals surface area contributed by atoms with Crippen molar-refractivity contribution in [2.75, 3.05) is 6.35 Å². The summed E-state index contributed by atoms with van der Waals surface area (Å²) in [5.74, 6) is 5.01. The van der Waals surface area contributed by atoms with Crippen molar-refractivity contribution < 1.29 is 23.3 Å². The van der Waals surface area contributed by atoms with Gasteiger partial charge in [0.25, 0.3) is 0 Å². The molecule has 1 fully saturated rings. The van der Waals surface area contributed by atoms with Crippen LogP contribution in [0, 0.1) is 0 Å². The third-order valence-corrected chi connectivity index (χ3v) is 10.6. The molecule has 0 N–H and O–H groups in total. The van der Waals surface area contributed by atoms with Crippen LogP contribution >= 0.6 is 8.38 Å². The standard InChI is InChI=1S/C38H31O5P/c1-2-12-25(13-3-1)26-14-4-7-17-29(26)39-24-44-42-34-22-10-20-32-36(34)38(27-15-5-8-18-30(27)40-32)28-16-6-9-19-31(28)41-33-21-11-23-35(43-44)37(33)38/h1-3,5-6,8-13,15-16,18-23,26,29H,4,7,14,17,24H2/t26-,29-,38?/m1/s1. The van der Waals surface area contributed by atoms with Crippen LogP contribution in [-0.2, 0) is 10.2 Å². The number of hydrogen-bond acceptors (Lipinski definition) is 5.